The SMILES string of the molecule is CC/C=C\C/C=C\C/C=C\C/C=C\C/C=C\C/C=C\CCCCCCCCCCCCCCCCC(=O)OC(COC(=O)CCCCCC/C=C\C/C=C\C/C=C\C/C=C\CC)COP(=O)(O)OCCN. The number of phosphoric acid groups is 1. The average Bonchev–Trinajstić information content (AvgIpc) is 3.36. The summed E-state index contributed by atoms with van der Waals surface area (Å²) in [6.07, 6.45) is 76.8. The van der Waals surface area contributed by atoms with Gasteiger partial charge in [0.15, 0.2) is 6.10 Å². The molecule has 0 aromatic heterocycles. The van der Waals surface area contributed by atoms with Crippen molar-refractivity contribution in [3.8, 4) is 0 Å². The number of hydrogen-bond donors (Lipinski definition) is 2. The maximum absolute atomic E-state index is 12.7. The van der Waals surface area contributed by atoms with Gasteiger partial charge in [0.05, 0.1) is 13.2 Å². The molecule has 0 fully saturated rings. The largest absolute Gasteiger partial charge is 0.472 e. The van der Waals surface area contributed by atoms with Gasteiger partial charge in [0.1, 0.15) is 6.61 Å². The second kappa shape index (κ2) is 55.7. The number of carbonyl (C=O) groups is 2. The average molecular weight is 1010 g/mol. The summed E-state index contributed by atoms with van der Waals surface area (Å²) in [7, 11) is -4.40. The molecule has 0 aromatic rings. The predicted molar refractivity (Wildman–Crippen MR) is 302 cm³/mol. The van der Waals surface area contributed by atoms with E-state index in [2.05, 4.69) is 135 Å². The van der Waals surface area contributed by atoms with Crippen LogP contribution in [-0.4, -0.2) is 49.3 Å². The minimum absolute atomic E-state index is 0.0441. The number of hydrogen-bond acceptors (Lipinski definition) is 8. The van der Waals surface area contributed by atoms with Gasteiger partial charge in [-0.1, -0.05) is 225 Å². The Balaban J connectivity index is 3.99. The van der Waals surface area contributed by atoms with Gasteiger partial charge >= 0.3 is 19.8 Å². The van der Waals surface area contributed by atoms with E-state index in [9.17, 15) is 19.0 Å². The van der Waals surface area contributed by atoms with E-state index in [0.717, 1.165) is 109 Å². The van der Waals surface area contributed by atoms with Gasteiger partial charge in [-0.2, -0.15) is 0 Å². The maximum Gasteiger partial charge on any atom is 0.472 e. The molecule has 10 heteroatoms. The molecular weight excluding hydrogens is 906 g/mol. The topological polar surface area (TPSA) is 134 Å². The third-order valence-corrected chi connectivity index (χ3v) is 12.3. The first-order chi connectivity index (χ1) is 34.8. The fourth-order valence-corrected chi connectivity index (χ4v) is 8.04. The fourth-order valence-electron chi connectivity index (χ4n) is 7.28. The lowest BCUT2D eigenvalue weighted by molar-refractivity contribution is -0.161. The van der Waals surface area contributed by atoms with Crippen molar-refractivity contribution >= 4 is 19.8 Å². The number of allylic oxidation sites excluding steroid dienone is 20. The number of unbranched alkanes of at least 4 members (excludes halogenated alkanes) is 18. The van der Waals surface area contributed by atoms with Crippen LogP contribution in [0.3, 0.4) is 0 Å². The fraction of sp³-hybridized carbons (Fsp3) is 0.639. The van der Waals surface area contributed by atoms with Crippen molar-refractivity contribution in [2.75, 3.05) is 26.4 Å². The molecule has 0 amide bonds. The molecule has 3 N–H and O–H groups in total. The standard InChI is InChI=1S/C61H102NO8P/c1-3-5-7-9-11-13-15-17-19-21-22-23-24-25-26-27-28-29-30-31-32-33-34-35-36-38-40-42-44-46-48-50-52-54-61(64)70-59(58-69-71(65,66)68-56-55-62)57-67-60(63)53-51-49-47-45-43-41-39-37-20-18-16-14-12-10-8-6-4-2/h5-8,11-14,17-20,22-23,25-26,28-29,39,41,59H,3-4,9-10,15-16,21,24,27,30-38,40,42-58,62H2,1-2H3,(H,65,66)/b7-5-,8-6-,13-11-,14-12-,19-17-,20-18-,23-22-,26-25-,29-28-,41-39-. The molecule has 0 aliphatic rings. The Labute approximate surface area is 434 Å². The molecule has 0 aromatic carbocycles. The Kier molecular flexibility index (Phi) is 52.9. The van der Waals surface area contributed by atoms with Crippen molar-refractivity contribution in [3.05, 3.63) is 122 Å². The molecule has 0 spiro atoms. The van der Waals surface area contributed by atoms with Gasteiger partial charge in [0, 0.05) is 19.4 Å². The summed E-state index contributed by atoms with van der Waals surface area (Å²) >= 11 is 0. The van der Waals surface area contributed by atoms with Crippen molar-refractivity contribution in [2.45, 2.75) is 225 Å². The molecule has 0 bridgehead atoms. The van der Waals surface area contributed by atoms with E-state index in [-0.39, 0.29) is 32.6 Å². The van der Waals surface area contributed by atoms with Crippen LogP contribution in [0.15, 0.2) is 122 Å². The predicted octanol–water partition coefficient (Wildman–Crippen LogP) is 17.6. The molecule has 404 valence electrons. The van der Waals surface area contributed by atoms with Crippen LogP contribution in [0.25, 0.3) is 0 Å². The second-order valence-electron chi connectivity index (χ2n) is 18.0. The second-order valence-corrected chi connectivity index (χ2v) is 19.5. The highest BCUT2D eigenvalue weighted by Crippen LogP contribution is 2.43. The number of rotatable bonds is 51. The van der Waals surface area contributed by atoms with Crippen molar-refractivity contribution in [1.82, 2.24) is 0 Å². The molecule has 0 radical (unpaired) electrons. The van der Waals surface area contributed by atoms with Gasteiger partial charge in [0.2, 0.25) is 0 Å². The quantitative estimate of drug-likeness (QED) is 0.0264. The lowest BCUT2D eigenvalue weighted by Crippen LogP contribution is -2.29. The Morgan fingerprint density at radius 1 is 0.423 bits per heavy atom. The van der Waals surface area contributed by atoms with E-state index in [1.807, 2.05) is 0 Å². The van der Waals surface area contributed by atoms with Gasteiger partial charge in [-0.3, -0.25) is 18.6 Å². The summed E-state index contributed by atoms with van der Waals surface area (Å²) in [5, 5.41) is 0. The van der Waals surface area contributed by atoms with Crippen LogP contribution in [0.2, 0.25) is 0 Å². The lowest BCUT2D eigenvalue weighted by atomic mass is 10.0. The van der Waals surface area contributed by atoms with Gasteiger partial charge in [-0.15, -0.1) is 0 Å². The van der Waals surface area contributed by atoms with Crippen molar-refractivity contribution in [3.63, 3.8) is 0 Å². The minimum Gasteiger partial charge on any atom is -0.462 e. The van der Waals surface area contributed by atoms with Crippen molar-refractivity contribution < 1.29 is 37.6 Å². The number of carbonyl (C=O) groups excluding carboxylic acids is 2. The van der Waals surface area contributed by atoms with E-state index in [1.165, 1.54) is 70.6 Å². The monoisotopic (exact) mass is 1010 g/mol. The number of nitrogens with two attached hydrogens (primary N) is 1. The van der Waals surface area contributed by atoms with Crippen LogP contribution in [0.5, 0.6) is 0 Å². The molecule has 0 rings (SSSR count). The van der Waals surface area contributed by atoms with Crippen LogP contribution >= 0.6 is 7.82 Å². The van der Waals surface area contributed by atoms with Gasteiger partial charge in [-0.05, 0) is 103 Å². The van der Waals surface area contributed by atoms with Crippen LogP contribution < -0.4 is 5.73 Å². The molecule has 9 nitrogen and oxygen atoms in total. The zero-order valence-electron chi connectivity index (χ0n) is 44.9. The summed E-state index contributed by atoms with van der Waals surface area (Å²) in [6.45, 7) is 3.48. The molecule has 2 atom stereocenters. The van der Waals surface area contributed by atoms with E-state index >= 15 is 0 Å². The molecule has 0 saturated carbocycles. The maximum atomic E-state index is 12.7. The third-order valence-electron chi connectivity index (χ3n) is 11.3. The Bertz CT molecular complexity index is 1570. The zero-order chi connectivity index (χ0) is 51.7. The van der Waals surface area contributed by atoms with E-state index < -0.39 is 32.5 Å². The first-order valence-corrected chi connectivity index (χ1v) is 29.5. The molecule has 71 heavy (non-hydrogen) atoms. The van der Waals surface area contributed by atoms with E-state index in [1.54, 1.807) is 0 Å². The highest BCUT2D eigenvalue weighted by molar-refractivity contribution is 7.47. The van der Waals surface area contributed by atoms with Crippen molar-refractivity contribution in [2.24, 2.45) is 5.73 Å². The molecule has 0 aliphatic carbocycles. The zero-order valence-corrected chi connectivity index (χ0v) is 45.8. The first kappa shape index (κ1) is 67.4. The number of esters is 2. The minimum atomic E-state index is -4.40. The lowest BCUT2D eigenvalue weighted by Gasteiger charge is -2.19. The smallest absolute Gasteiger partial charge is 0.462 e. The van der Waals surface area contributed by atoms with Gasteiger partial charge in [0.25, 0.3) is 0 Å². The Morgan fingerprint density at radius 3 is 1.08 bits per heavy atom. The summed E-state index contributed by atoms with van der Waals surface area (Å²) in [5.41, 5.74) is 5.37. The van der Waals surface area contributed by atoms with E-state index in [0.29, 0.717) is 12.8 Å². The third kappa shape index (κ3) is 55.6. The van der Waals surface area contributed by atoms with Crippen molar-refractivity contribution in [1.29, 1.82) is 0 Å². The molecule has 0 heterocycles. The van der Waals surface area contributed by atoms with Crippen LogP contribution in [0, 0.1) is 0 Å². The first-order valence-electron chi connectivity index (χ1n) is 28.0. The van der Waals surface area contributed by atoms with Gasteiger partial charge < -0.3 is 20.1 Å². The van der Waals surface area contributed by atoms with Gasteiger partial charge in [-0.25, -0.2) is 4.57 Å². The highest BCUT2D eigenvalue weighted by atomic mass is 31.2. The van der Waals surface area contributed by atoms with Crippen LogP contribution in [0.4, 0.5) is 0 Å². The molecule has 0 aliphatic heterocycles. The summed E-state index contributed by atoms with van der Waals surface area (Å²) < 4.78 is 33.0. The molecule has 2 unspecified atom stereocenters. The summed E-state index contributed by atoms with van der Waals surface area (Å²) in [4.78, 5) is 35.1. The van der Waals surface area contributed by atoms with E-state index in [4.69, 9.17) is 24.3 Å². The molecule has 0 saturated heterocycles. The summed E-state index contributed by atoms with van der Waals surface area (Å²) in [5.74, 6) is -0.862. The summed E-state index contributed by atoms with van der Waals surface area (Å²) in [6, 6.07) is 0. The Morgan fingerprint density at radius 2 is 0.732 bits per heavy atom. The van der Waals surface area contributed by atoms with Crippen LogP contribution in [-0.2, 0) is 32.7 Å². The molecular formula is C61H102NO8P. The normalized spacial score (nSPS) is 14.0. The highest BCUT2D eigenvalue weighted by Gasteiger charge is 2.26. The number of ether oxygens (including phenoxy) is 2. The number of phosphoric ester groups is 1. The Hall–Kier alpha value is -3.59. The van der Waals surface area contributed by atoms with Crippen LogP contribution in [0.1, 0.15) is 219 Å².